The van der Waals surface area contributed by atoms with Crippen LogP contribution in [0.3, 0.4) is 0 Å². The van der Waals surface area contributed by atoms with Crippen LogP contribution >= 0.6 is 0 Å². The zero-order chi connectivity index (χ0) is 16.8. The molecule has 0 saturated heterocycles. The highest BCUT2D eigenvalue weighted by molar-refractivity contribution is 5.78. The highest BCUT2D eigenvalue weighted by Crippen LogP contribution is 2.11. The second kappa shape index (κ2) is 7.56. The van der Waals surface area contributed by atoms with Crippen molar-refractivity contribution in [3.05, 3.63) is 58.5 Å². The van der Waals surface area contributed by atoms with Crippen molar-refractivity contribution in [2.75, 3.05) is 25.6 Å². The summed E-state index contributed by atoms with van der Waals surface area (Å²) < 4.78 is 10.3. The van der Waals surface area contributed by atoms with Crippen LogP contribution < -0.4 is 15.6 Å². The number of nitrogens with one attached hydrogen (secondary N) is 2. The van der Waals surface area contributed by atoms with Crippen molar-refractivity contribution in [3.8, 4) is 5.88 Å². The van der Waals surface area contributed by atoms with Gasteiger partial charge in [0, 0.05) is 25.9 Å². The molecule has 0 radical (unpaired) electrons. The molecule has 0 unspecified atom stereocenters. The minimum Gasteiger partial charge on any atom is -0.475 e. The van der Waals surface area contributed by atoms with Crippen LogP contribution in [0.25, 0.3) is 10.9 Å². The van der Waals surface area contributed by atoms with Gasteiger partial charge in [-0.1, -0.05) is 18.2 Å². The summed E-state index contributed by atoms with van der Waals surface area (Å²) in [6, 6.07) is 10.9. The van der Waals surface area contributed by atoms with Gasteiger partial charge in [-0.2, -0.15) is 0 Å². The van der Waals surface area contributed by atoms with Gasteiger partial charge in [-0.25, -0.2) is 9.97 Å². The number of H-pyrrole nitrogens is 1. The topological polar surface area (TPSA) is 89.1 Å². The lowest BCUT2D eigenvalue weighted by Gasteiger charge is -2.08. The van der Waals surface area contributed by atoms with Gasteiger partial charge >= 0.3 is 0 Å². The SMILES string of the molecule is COCCOc1ccc(CNc2nc3ccccc3c(=O)[nH]2)cn1. The largest absolute Gasteiger partial charge is 0.475 e. The van der Waals surface area contributed by atoms with Crippen molar-refractivity contribution in [2.45, 2.75) is 6.54 Å². The zero-order valence-electron chi connectivity index (χ0n) is 13.3. The molecule has 2 aromatic heterocycles. The number of anilines is 1. The van der Waals surface area contributed by atoms with Crippen molar-refractivity contribution in [3.63, 3.8) is 0 Å². The van der Waals surface area contributed by atoms with E-state index in [4.69, 9.17) is 9.47 Å². The van der Waals surface area contributed by atoms with Crippen LogP contribution in [0.5, 0.6) is 5.88 Å². The number of pyridine rings is 1. The predicted octanol–water partition coefficient (Wildman–Crippen LogP) is 1.96. The molecule has 7 heteroatoms. The van der Waals surface area contributed by atoms with Gasteiger partial charge in [0.1, 0.15) is 6.61 Å². The number of hydrogen-bond acceptors (Lipinski definition) is 6. The molecule has 0 bridgehead atoms. The van der Waals surface area contributed by atoms with E-state index in [1.165, 1.54) is 0 Å². The minimum absolute atomic E-state index is 0.164. The average molecular weight is 326 g/mol. The normalized spacial score (nSPS) is 10.7. The molecule has 0 aliphatic carbocycles. The standard InChI is InChI=1S/C17H18N4O3/c1-23-8-9-24-15-7-6-12(10-18-15)11-19-17-20-14-5-3-2-4-13(14)16(22)21-17/h2-7,10H,8-9,11H2,1H3,(H2,19,20,21,22). The fraction of sp³-hybridized carbons (Fsp3) is 0.235. The molecule has 0 spiro atoms. The third kappa shape index (κ3) is 3.88. The van der Waals surface area contributed by atoms with Crippen LogP contribution in [0, 0.1) is 0 Å². The summed E-state index contributed by atoms with van der Waals surface area (Å²) in [4.78, 5) is 23.3. The molecule has 0 amide bonds. The molecule has 2 N–H and O–H groups in total. The predicted molar refractivity (Wildman–Crippen MR) is 91.3 cm³/mol. The Labute approximate surface area is 138 Å². The first-order chi connectivity index (χ1) is 11.8. The minimum atomic E-state index is -0.164. The molecule has 2 heterocycles. The Hall–Kier alpha value is -2.93. The van der Waals surface area contributed by atoms with E-state index in [2.05, 4.69) is 20.3 Å². The second-order valence-corrected chi connectivity index (χ2v) is 5.13. The Kier molecular flexibility index (Phi) is 5.02. The fourth-order valence-corrected chi connectivity index (χ4v) is 2.19. The van der Waals surface area contributed by atoms with E-state index in [0.717, 1.165) is 5.56 Å². The van der Waals surface area contributed by atoms with Crippen LogP contribution in [0.15, 0.2) is 47.4 Å². The van der Waals surface area contributed by atoms with Crippen molar-refractivity contribution in [2.24, 2.45) is 0 Å². The first-order valence-corrected chi connectivity index (χ1v) is 7.56. The molecule has 7 nitrogen and oxygen atoms in total. The van der Waals surface area contributed by atoms with Gasteiger partial charge in [-0.05, 0) is 17.7 Å². The molecule has 0 fully saturated rings. The number of benzene rings is 1. The number of methoxy groups -OCH3 is 1. The Morgan fingerprint density at radius 2 is 2.04 bits per heavy atom. The maximum absolute atomic E-state index is 12.0. The lowest BCUT2D eigenvalue weighted by Crippen LogP contribution is -2.13. The number of rotatable bonds is 7. The first kappa shape index (κ1) is 15.9. The summed E-state index contributed by atoms with van der Waals surface area (Å²) >= 11 is 0. The third-order valence-electron chi connectivity index (χ3n) is 3.41. The molecular weight excluding hydrogens is 308 g/mol. The van der Waals surface area contributed by atoms with Gasteiger partial charge in [-0.15, -0.1) is 0 Å². The van der Waals surface area contributed by atoms with Crippen molar-refractivity contribution < 1.29 is 9.47 Å². The Morgan fingerprint density at radius 1 is 1.17 bits per heavy atom. The van der Waals surface area contributed by atoms with Crippen LogP contribution in [0.2, 0.25) is 0 Å². The number of aromatic amines is 1. The smallest absolute Gasteiger partial charge is 0.260 e. The van der Waals surface area contributed by atoms with Gasteiger partial charge < -0.3 is 14.8 Å². The number of ether oxygens (including phenoxy) is 2. The lowest BCUT2D eigenvalue weighted by molar-refractivity contribution is 0.143. The molecule has 124 valence electrons. The average Bonchev–Trinajstić information content (AvgIpc) is 2.61. The maximum atomic E-state index is 12.0. The highest BCUT2D eigenvalue weighted by Gasteiger charge is 2.03. The van der Waals surface area contributed by atoms with E-state index >= 15 is 0 Å². The summed E-state index contributed by atoms with van der Waals surface area (Å²) in [6.07, 6.45) is 1.72. The quantitative estimate of drug-likeness (QED) is 0.645. The number of para-hydroxylation sites is 1. The summed E-state index contributed by atoms with van der Waals surface area (Å²) in [5.74, 6) is 0.979. The van der Waals surface area contributed by atoms with Gasteiger partial charge in [0.15, 0.2) is 0 Å². The van der Waals surface area contributed by atoms with Crippen LogP contribution in [-0.4, -0.2) is 35.3 Å². The van der Waals surface area contributed by atoms with E-state index in [-0.39, 0.29) is 5.56 Å². The monoisotopic (exact) mass is 326 g/mol. The molecule has 0 aliphatic rings. The number of fused-ring (bicyclic) bond motifs is 1. The number of hydrogen-bond donors (Lipinski definition) is 2. The Bertz CT molecular complexity index is 862. The van der Waals surface area contributed by atoms with Crippen molar-refractivity contribution in [1.82, 2.24) is 15.0 Å². The first-order valence-electron chi connectivity index (χ1n) is 7.56. The van der Waals surface area contributed by atoms with Crippen molar-refractivity contribution in [1.29, 1.82) is 0 Å². The van der Waals surface area contributed by atoms with Gasteiger partial charge in [-0.3, -0.25) is 9.78 Å². The summed E-state index contributed by atoms with van der Waals surface area (Å²) in [5.41, 5.74) is 1.44. The molecule has 24 heavy (non-hydrogen) atoms. The number of nitrogens with zero attached hydrogens (tertiary/aromatic N) is 2. The van der Waals surface area contributed by atoms with E-state index in [1.54, 1.807) is 25.4 Å². The Morgan fingerprint density at radius 3 is 2.83 bits per heavy atom. The lowest BCUT2D eigenvalue weighted by atomic mass is 10.2. The van der Waals surface area contributed by atoms with E-state index in [9.17, 15) is 4.79 Å². The molecule has 0 aliphatic heterocycles. The molecular formula is C17H18N4O3. The molecule has 3 aromatic rings. The second-order valence-electron chi connectivity index (χ2n) is 5.13. The van der Waals surface area contributed by atoms with Gasteiger partial charge in [0.25, 0.3) is 5.56 Å². The molecule has 3 rings (SSSR count). The van der Waals surface area contributed by atoms with Crippen LogP contribution in [0.1, 0.15) is 5.56 Å². The van der Waals surface area contributed by atoms with Crippen molar-refractivity contribution >= 4 is 16.9 Å². The van der Waals surface area contributed by atoms with E-state index in [1.807, 2.05) is 24.3 Å². The summed E-state index contributed by atoms with van der Waals surface area (Å²) in [5, 5.41) is 3.67. The molecule has 0 atom stereocenters. The Balaban J connectivity index is 1.64. The summed E-state index contributed by atoms with van der Waals surface area (Å²) in [7, 11) is 1.62. The van der Waals surface area contributed by atoms with Gasteiger partial charge in [0.05, 0.1) is 17.5 Å². The number of aromatic nitrogens is 3. The fourth-order valence-electron chi connectivity index (χ4n) is 2.19. The summed E-state index contributed by atoms with van der Waals surface area (Å²) in [6.45, 7) is 1.47. The molecule has 0 saturated carbocycles. The van der Waals surface area contributed by atoms with Crippen LogP contribution in [0.4, 0.5) is 5.95 Å². The van der Waals surface area contributed by atoms with Crippen LogP contribution in [-0.2, 0) is 11.3 Å². The van der Waals surface area contributed by atoms with Gasteiger partial charge in [0.2, 0.25) is 11.8 Å². The highest BCUT2D eigenvalue weighted by atomic mass is 16.5. The third-order valence-corrected chi connectivity index (χ3v) is 3.41. The maximum Gasteiger partial charge on any atom is 0.260 e. The zero-order valence-corrected chi connectivity index (χ0v) is 13.3. The van der Waals surface area contributed by atoms with E-state index in [0.29, 0.717) is 42.5 Å². The van der Waals surface area contributed by atoms with E-state index < -0.39 is 0 Å². The molecule has 1 aromatic carbocycles.